The number of ether oxygens (including phenoxy) is 1. The van der Waals surface area contributed by atoms with Gasteiger partial charge in [0, 0.05) is 5.56 Å². The molecule has 1 rings (SSSR count). The second kappa shape index (κ2) is 5.42. The Bertz CT molecular complexity index is 432. The van der Waals surface area contributed by atoms with E-state index in [1.165, 1.54) is 19.2 Å². The van der Waals surface area contributed by atoms with Gasteiger partial charge in [-0.3, -0.25) is 0 Å². The summed E-state index contributed by atoms with van der Waals surface area (Å²) < 4.78 is 17.7. The molecular formula is C11H9FO2S. The number of carbonyl (C=O) groups is 1. The van der Waals surface area contributed by atoms with Gasteiger partial charge in [0.05, 0.1) is 18.4 Å². The maximum Gasteiger partial charge on any atom is 0.340 e. The minimum atomic E-state index is -0.693. The number of hydrogen-bond donors (Lipinski definition) is 1. The average molecular weight is 224 g/mol. The van der Waals surface area contributed by atoms with Crippen LogP contribution in [0, 0.1) is 17.7 Å². The highest BCUT2D eigenvalue weighted by Gasteiger charge is 2.11. The van der Waals surface area contributed by atoms with Crippen molar-refractivity contribution < 1.29 is 13.9 Å². The van der Waals surface area contributed by atoms with Crippen molar-refractivity contribution in [2.45, 2.75) is 0 Å². The highest BCUT2D eigenvalue weighted by molar-refractivity contribution is 7.80. The lowest BCUT2D eigenvalue weighted by atomic mass is 10.1. The summed E-state index contributed by atoms with van der Waals surface area (Å²) in [5.74, 6) is 4.46. The van der Waals surface area contributed by atoms with Gasteiger partial charge in [-0.1, -0.05) is 11.8 Å². The quantitative estimate of drug-likeness (QED) is 0.448. The molecule has 4 heteroatoms. The van der Waals surface area contributed by atoms with Crippen molar-refractivity contribution in [3.8, 4) is 11.8 Å². The second-order valence-electron chi connectivity index (χ2n) is 2.65. The number of benzene rings is 1. The number of esters is 1. The number of halogens is 1. The molecule has 0 atom stereocenters. The van der Waals surface area contributed by atoms with E-state index in [-0.39, 0.29) is 5.56 Å². The molecule has 0 bridgehead atoms. The molecule has 0 fully saturated rings. The topological polar surface area (TPSA) is 26.3 Å². The van der Waals surface area contributed by atoms with Gasteiger partial charge < -0.3 is 4.74 Å². The van der Waals surface area contributed by atoms with Crippen LogP contribution in [0.4, 0.5) is 4.39 Å². The van der Waals surface area contributed by atoms with Crippen LogP contribution in [0.15, 0.2) is 18.2 Å². The summed E-state index contributed by atoms with van der Waals surface area (Å²) in [4.78, 5) is 11.0. The summed E-state index contributed by atoms with van der Waals surface area (Å²) in [5, 5.41) is 0. The summed E-state index contributed by atoms with van der Waals surface area (Å²) in [6.07, 6.45) is 0. The van der Waals surface area contributed by atoms with Crippen LogP contribution < -0.4 is 0 Å². The minimum absolute atomic E-state index is 0.0890. The molecular weight excluding hydrogens is 215 g/mol. The first-order chi connectivity index (χ1) is 7.19. The lowest BCUT2D eigenvalue weighted by Gasteiger charge is -2.00. The van der Waals surface area contributed by atoms with E-state index in [2.05, 4.69) is 29.2 Å². The Balaban J connectivity index is 3.03. The molecule has 0 aliphatic heterocycles. The predicted molar refractivity (Wildman–Crippen MR) is 58.5 cm³/mol. The van der Waals surface area contributed by atoms with Gasteiger partial charge in [0.2, 0.25) is 0 Å². The Hall–Kier alpha value is -1.47. The molecule has 0 heterocycles. The maximum absolute atomic E-state index is 13.3. The molecule has 0 aromatic heterocycles. The summed E-state index contributed by atoms with van der Waals surface area (Å²) in [6.45, 7) is 0. The normalized spacial score (nSPS) is 9.00. The molecule has 0 aliphatic rings. The van der Waals surface area contributed by atoms with Crippen molar-refractivity contribution in [1.82, 2.24) is 0 Å². The Labute approximate surface area is 92.9 Å². The van der Waals surface area contributed by atoms with Gasteiger partial charge in [-0.25, -0.2) is 9.18 Å². The van der Waals surface area contributed by atoms with Crippen LogP contribution in [0.3, 0.4) is 0 Å². The third-order valence-corrected chi connectivity index (χ3v) is 1.84. The molecule has 0 saturated carbocycles. The largest absolute Gasteiger partial charge is 0.465 e. The van der Waals surface area contributed by atoms with E-state index in [9.17, 15) is 9.18 Å². The molecule has 0 spiro atoms. The first-order valence-electron chi connectivity index (χ1n) is 4.16. The van der Waals surface area contributed by atoms with E-state index < -0.39 is 11.8 Å². The number of carbonyl (C=O) groups excluding carboxylic acids is 1. The van der Waals surface area contributed by atoms with Crippen LogP contribution in [-0.2, 0) is 4.74 Å². The van der Waals surface area contributed by atoms with E-state index in [0.29, 0.717) is 11.3 Å². The van der Waals surface area contributed by atoms with Crippen molar-refractivity contribution in [2.75, 3.05) is 12.9 Å². The van der Waals surface area contributed by atoms with Gasteiger partial charge in [0.25, 0.3) is 0 Å². The fourth-order valence-corrected chi connectivity index (χ4v) is 1.09. The number of hydrogen-bond acceptors (Lipinski definition) is 3. The van der Waals surface area contributed by atoms with Gasteiger partial charge in [-0.2, -0.15) is 12.6 Å². The third kappa shape index (κ3) is 3.00. The predicted octanol–water partition coefficient (Wildman–Crippen LogP) is 1.89. The Morgan fingerprint density at radius 1 is 1.60 bits per heavy atom. The summed E-state index contributed by atoms with van der Waals surface area (Å²) in [7, 11) is 1.20. The van der Waals surface area contributed by atoms with Gasteiger partial charge in [-0.05, 0) is 18.2 Å². The van der Waals surface area contributed by atoms with Gasteiger partial charge >= 0.3 is 5.97 Å². The van der Waals surface area contributed by atoms with E-state index >= 15 is 0 Å². The lowest BCUT2D eigenvalue weighted by molar-refractivity contribution is 0.0595. The Morgan fingerprint density at radius 2 is 2.33 bits per heavy atom. The molecule has 1 aromatic carbocycles. The Kier molecular flexibility index (Phi) is 4.19. The van der Waals surface area contributed by atoms with Gasteiger partial charge in [0.1, 0.15) is 5.82 Å². The van der Waals surface area contributed by atoms with Crippen LogP contribution in [0.5, 0.6) is 0 Å². The third-order valence-electron chi connectivity index (χ3n) is 1.69. The fourth-order valence-electron chi connectivity index (χ4n) is 1.01. The van der Waals surface area contributed by atoms with Crippen molar-refractivity contribution in [1.29, 1.82) is 0 Å². The molecule has 78 valence electrons. The molecule has 0 aliphatic carbocycles. The first kappa shape index (κ1) is 11.6. The highest BCUT2D eigenvalue weighted by atomic mass is 32.1. The van der Waals surface area contributed by atoms with E-state index in [1.807, 2.05) is 0 Å². The second-order valence-corrected chi connectivity index (χ2v) is 2.96. The summed E-state index contributed by atoms with van der Waals surface area (Å²) in [6, 6.07) is 4.11. The lowest BCUT2D eigenvalue weighted by Crippen LogP contribution is -2.04. The SMILES string of the molecule is COC(=O)c1ccc(C#CCS)cc1F. The highest BCUT2D eigenvalue weighted by Crippen LogP contribution is 2.10. The van der Waals surface area contributed by atoms with Crippen molar-refractivity contribution in [3.63, 3.8) is 0 Å². The first-order valence-corrected chi connectivity index (χ1v) is 4.80. The standard InChI is InChI=1S/C11H9FO2S/c1-14-11(13)9-5-4-8(3-2-6-15)7-10(9)12/h4-5,7,15H,6H2,1H3. The molecule has 1 aromatic rings. The number of rotatable bonds is 1. The van der Waals surface area contributed by atoms with Crippen LogP contribution in [0.1, 0.15) is 15.9 Å². The molecule has 2 nitrogen and oxygen atoms in total. The molecule has 0 amide bonds. The fraction of sp³-hybridized carbons (Fsp3) is 0.182. The number of thiol groups is 1. The van der Waals surface area contributed by atoms with Crippen LogP contribution in [0.25, 0.3) is 0 Å². The van der Waals surface area contributed by atoms with Gasteiger partial charge in [-0.15, -0.1) is 0 Å². The Morgan fingerprint density at radius 3 is 2.87 bits per heavy atom. The van der Waals surface area contributed by atoms with Crippen molar-refractivity contribution in [2.24, 2.45) is 0 Å². The molecule has 0 unspecified atom stereocenters. The van der Waals surface area contributed by atoms with Crippen LogP contribution in [-0.4, -0.2) is 18.8 Å². The average Bonchev–Trinajstić information content (AvgIpc) is 2.25. The monoisotopic (exact) mass is 224 g/mol. The van der Waals surface area contributed by atoms with Crippen molar-refractivity contribution in [3.05, 3.63) is 35.1 Å². The van der Waals surface area contributed by atoms with E-state index in [0.717, 1.165) is 0 Å². The zero-order valence-corrected chi connectivity index (χ0v) is 8.98. The molecule has 0 N–H and O–H groups in total. The van der Waals surface area contributed by atoms with E-state index in [4.69, 9.17) is 0 Å². The zero-order chi connectivity index (χ0) is 11.3. The van der Waals surface area contributed by atoms with Gasteiger partial charge in [0.15, 0.2) is 0 Å². The summed E-state index contributed by atoms with van der Waals surface area (Å²) in [5.41, 5.74) is 0.420. The minimum Gasteiger partial charge on any atom is -0.465 e. The molecule has 0 saturated heterocycles. The summed E-state index contributed by atoms with van der Waals surface area (Å²) >= 11 is 3.90. The van der Waals surface area contributed by atoms with E-state index in [1.54, 1.807) is 6.07 Å². The smallest absolute Gasteiger partial charge is 0.340 e. The molecule has 0 radical (unpaired) electrons. The van der Waals surface area contributed by atoms with Crippen molar-refractivity contribution >= 4 is 18.6 Å². The number of methoxy groups -OCH3 is 1. The zero-order valence-electron chi connectivity index (χ0n) is 8.08. The van der Waals surface area contributed by atoms with Crippen LogP contribution in [0.2, 0.25) is 0 Å². The van der Waals surface area contributed by atoms with Crippen LogP contribution >= 0.6 is 12.6 Å². The molecule has 15 heavy (non-hydrogen) atoms. The maximum atomic E-state index is 13.3.